The van der Waals surface area contributed by atoms with Crippen LogP contribution < -0.4 is 5.32 Å². The highest BCUT2D eigenvalue weighted by molar-refractivity contribution is 7.91. The zero-order valence-corrected chi connectivity index (χ0v) is 13.8. The fraction of sp³-hybridized carbons (Fsp3) is 0.625. The van der Waals surface area contributed by atoms with Crippen molar-refractivity contribution < 1.29 is 8.42 Å². The summed E-state index contributed by atoms with van der Waals surface area (Å²) in [6, 6.07) is 7.88. The van der Waals surface area contributed by atoms with Crippen molar-refractivity contribution >= 4 is 9.84 Å². The topological polar surface area (TPSA) is 46.2 Å². The molecule has 1 rings (SSSR count). The van der Waals surface area contributed by atoms with Crippen LogP contribution in [0.4, 0.5) is 0 Å². The molecule has 0 fully saturated rings. The fourth-order valence-corrected chi connectivity index (χ4v) is 4.04. The minimum atomic E-state index is -3.03. The van der Waals surface area contributed by atoms with E-state index in [2.05, 4.69) is 19.2 Å². The van der Waals surface area contributed by atoms with E-state index >= 15 is 0 Å². The molecule has 0 radical (unpaired) electrons. The first-order valence-electron chi connectivity index (χ1n) is 7.35. The molecule has 114 valence electrons. The van der Waals surface area contributed by atoms with Crippen molar-refractivity contribution in [3.63, 3.8) is 0 Å². The van der Waals surface area contributed by atoms with Crippen LogP contribution in [0.25, 0.3) is 0 Å². The van der Waals surface area contributed by atoms with Gasteiger partial charge < -0.3 is 5.32 Å². The zero-order chi connectivity index (χ0) is 15.2. The van der Waals surface area contributed by atoms with Crippen molar-refractivity contribution in [2.45, 2.75) is 40.2 Å². The minimum Gasteiger partial charge on any atom is -0.309 e. The van der Waals surface area contributed by atoms with Crippen LogP contribution >= 0.6 is 0 Å². The van der Waals surface area contributed by atoms with Crippen LogP contribution in [0.5, 0.6) is 0 Å². The van der Waals surface area contributed by atoms with Gasteiger partial charge >= 0.3 is 0 Å². The van der Waals surface area contributed by atoms with E-state index in [0.29, 0.717) is 5.92 Å². The summed E-state index contributed by atoms with van der Waals surface area (Å²) in [5.74, 6) is 0.873. The van der Waals surface area contributed by atoms with Crippen molar-refractivity contribution in [2.75, 3.05) is 18.1 Å². The van der Waals surface area contributed by atoms with E-state index in [1.165, 1.54) is 0 Å². The van der Waals surface area contributed by atoms with Gasteiger partial charge in [-0.3, -0.25) is 0 Å². The van der Waals surface area contributed by atoms with Crippen LogP contribution in [-0.2, 0) is 9.84 Å². The van der Waals surface area contributed by atoms with Gasteiger partial charge in [0.05, 0.1) is 11.5 Å². The first-order chi connectivity index (χ1) is 9.35. The SMILES string of the molecule is CCNC(CS(=O)(=O)CCC(C)C)c1ccccc1C. The molecule has 0 aliphatic carbocycles. The van der Waals surface area contributed by atoms with Gasteiger partial charge in [0.25, 0.3) is 0 Å². The minimum absolute atomic E-state index is 0.113. The number of aryl methyl sites for hydroxylation is 1. The molecule has 4 heteroatoms. The Morgan fingerprint density at radius 3 is 2.40 bits per heavy atom. The second kappa shape index (κ2) is 7.79. The number of nitrogens with one attached hydrogen (secondary N) is 1. The quantitative estimate of drug-likeness (QED) is 0.802. The molecule has 20 heavy (non-hydrogen) atoms. The molecule has 1 aromatic rings. The first kappa shape index (κ1) is 17.2. The Morgan fingerprint density at radius 1 is 1.20 bits per heavy atom. The summed E-state index contributed by atoms with van der Waals surface area (Å²) < 4.78 is 24.5. The lowest BCUT2D eigenvalue weighted by Crippen LogP contribution is -2.30. The van der Waals surface area contributed by atoms with E-state index < -0.39 is 9.84 Å². The summed E-state index contributed by atoms with van der Waals surface area (Å²) in [5.41, 5.74) is 2.22. The lowest BCUT2D eigenvalue weighted by Gasteiger charge is -2.20. The molecule has 1 atom stereocenters. The third-order valence-electron chi connectivity index (χ3n) is 3.44. The van der Waals surface area contributed by atoms with E-state index in [1.54, 1.807) is 0 Å². The average Bonchev–Trinajstić information content (AvgIpc) is 2.36. The Morgan fingerprint density at radius 2 is 1.85 bits per heavy atom. The molecule has 3 nitrogen and oxygen atoms in total. The van der Waals surface area contributed by atoms with Gasteiger partial charge in [-0.15, -0.1) is 0 Å². The highest BCUT2D eigenvalue weighted by Crippen LogP contribution is 2.20. The Kier molecular flexibility index (Phi) is 6.69. The predicted molar refractivity (Wildman–Crippen MR) is 85.7 cm³/mol. The van der Waals surface area contributed by atoms with Crippen LogP contribution in [0, 0.1) is 12.8 Å². The molecular weight excluding hydrogens is 270 g/mol. The second-order valence-electron chi connectivity index (χ2n) is 5.76. The first-order valence-corrected chi connectivity index (χ1v) is 9.17. The Labute approximate surface area is 123 Å². The second-order valence-corrected chi connectivity index (χ2v) is 7.99. The summed E-state index contributed by atoms with van der Waals surface area (Å²) >= 11 is 0. The van der Waals surface area contributed by atoms with Crippen LogP contribution in [0.2, 0.25) is 0 Å². The molecule has 1 N–H and O–H groups in total. The monoisotopic (exact) mass is 297 g/mol. The molecule has 0 saturated carbocycles. The smallest absolute Gasteiger partial charge is 0.152 e. The van der Waals surface area contributed by atoms with Crippen molar-refractivity contribution in [3.8, 4) is 0 Å². The average molecular weight is 297 g/mol. The van der Waals surface area contributed by atoms with Gasteiger partial charge in [0.15, 0.2) is 9.84 Å². The summed E-state index contributed by atoms with van der Waals surface area (Å²) in [6.07, 6.45) is 0.731. The molecule has 1 unspecified atom stereocenters. The standard InChI is InChI=1S/C16H27NO2S/c1-5-17-16(15-9-7-6-8-14(15)4)12-20(18,19)11-10-13(2)3/h6-9,13,16-17H,5,10-12H2,1-4H3. The summed E-state index contributed by atoms with van der Waals surface area (Å²) in [5, 5.41) is 3.30. The van der Waals surface area contributed by atoms with Gasteiger partial charge in [-0.2, -0.15) is 0 Å². The highest BCUT2D eigenvalue weighted by atomic mass is 32.2. The molecule has 0 aliphatic heterocycles. The van der Waals surface area contributed by atoms with Crippen LogP contribution in [-0.4, -0.2) is 26.5 Å². The van der Waals surface area contributed by atoms with Gasteiger partial charge in [0.2, 0.25) is 0 Å². The molecule has 0 saturated heterocycles. The van der Waals surface area contributed by atoms with Gasteiger partial charge in [0, 0.05) is 6.04 Å². The molecular formula is C16H27NO2S. The molecule has 0 aliphatic rings. The lowest BCUT2D eigenvalue weighted by atomic mass is 10.0. The third kappa shape index (κ3) is 5.63. The van der Waals surface area contributed by atoms with Crippen LogP contribution in [0.1, 0.15) is 44.4 Å². The van der Waals surface area contributed by atoms with E-state index in [-0.39, 0.29) is 17.5 Å². The zero-order valence-electron chi connectivity index (χ0n) is 13.0. The summed E-state index contributed by atoms with van der Waals surface area (Å²) in [7, 11) is -3.03. The Hall–Kier alpha value is -0.870. The maximum atomic E-state index is 12.3. The molecule has 0 amide bonds. The van der Waals surface area contributed by atoms with E-state index in [9.17, 15) is 8.42 Å². The van der Waals surface area contributed by atoms with Gasteiger partial charge in [-0.1, -0.05) is 45.0 Å². The van der Waals surface area contributed by atoms with Gasteiger partial charge in [0.1, 0.15) is 0 Å². The van der Waals surface area contributed by atoms with Crippen LogP contribution in [0.15, 0.2) is 24.3 Å². The largest absolute Gasteiger partial charge is 0.309 e. The molecule has 1 aromatic carbocycles. The van der Waals surface area contributed by atoms with Crippen molar-refractivity contribution in [2.24, 2.45) is 5.92 Å². The van der Waals surface area contributed by atoms with E-state index in [1.807, 2.05) is 38.1 Å². The fourth-order valence-electron chi connectivity index (χ4n) is 2.24. The number of sulfone groups is 1. The Bertz CT molecular complexity index is 509. The van der Waals surface area contributed by atoms with Crippen molar-refractivity contribution in [1.82, 2.24) is 5.32 Å². The molecule has 0 heterocycles. The summed E-state index contributed by atoms with van der Waals surface area (Å²) in [4.78, 5) is 0. The molecule has 0 bridgehead atoms. The number of hydrogen-bond donors (Lipinski definition) is 1. The van der Waals surface area contributed by atoms with Crippen molar-refractivity contribution in [1.29, 1.82) is 0 Å². The maximum Gasteiger partial charge on any atom is 0.152 e. The highest BCUT2D eigenvalue weighted by Gasteiger charge is 2.21. The molecule has 0 spiro atoms. The van der Waals surface area contributed by atoms with Gasteiger partial charge in [-0.05, 0) is 36.9 Å². The normalized spacial score (nSPS) is 13.7. The third-order valence-corrected chi connectivity index (χ3v) is 5.14. The molecule has 0 aromatic heterocycles. The van der Waals surface area contributed by atoms with Gasteiger partial charge in [-0.25, -0.2) is 8.42 Å². The summed E-state index contributed by atoms with van der Waals surface area (Å²) in [6.45, 7) is 8.91. The van der Waals surface area contributed by atoms with E-state index in [0.717, 1.165) is 24.1 Å². The number of rotatable bonds is 8. The van der Waals surface area contributed by atoms with E-state index in [4.69, 9.17) is 0 Å². The van der Waals surface area contributed by atoms with Crippen LogP contribution in [0.3, 0.4) is 0 Å². The maximum absolute atomic E-state index is 12.3. The Balaban J connectivity index is 2.85. The predicted octanol–water partition coefficient (Wildman–Crippen LogP) is 3.11. The lowest BCUT2D eigenvalue weighted by molar-refractivity contribution is 0.547. The van der Waals surface area contributed by atoms with Crippen molar-refractivity contribution in [3.05, 3.63) is 35.4 Å². The number of benzene rings is 1. The number of hydrogen-bond acceptors (Lipinski definition) is 3.